The lowest BCUT2D eigenvalue weighted by Crippen LogP contribution is -2.48. The van der Waals surface area contributed by atoms with E-state index in [1.165, 1.54) is 18.2 Å². The van der Waals surface area contributed by atoms with Crippen molar-refractivity contribution in [1.29, 1.82) is 0 Å². The molecular weight excluding hydrogens is 266 g/mol. The van der Waals surface area contributed by atoms with Crippen molar-refractivity contribution in [1.82, 2.24) is 4.90 Å². The molecule has 1 aromatic rings. The molecule has 3 unspecified atom stereocenters. The lowest BCUT2D eigenvalue weighted by molar-refractivity contribution is 0.145. The molecule has 0 aromatic heterocycles. The first-order valence-electron chi connectivity index (χ1n) is 6.57. The van der Waals surface area contributed by atoms with Crippen LogP contribution in [0.1, 0.15) is 25.5 Å². The molecule has 0 amide bonds. The van der Waals surface area contributed by atoms with E-state index in [0.29, 0.717) is 5.25 Å². The minimum absolute atomic E-state index is 0.107. The van der Waals surface area contributed by atoms with Crippen LogP contribution in [0.2, 0.25) is 0 Å². The first-order chi connectivity index (χ1) is 9.06. The predicted octanol–water partition coefficient (Wildman–Crippen LogP) is 2.79. The molecule has 0 aliphatic carbocycles. The van der Waals surface area contributed by atoms with Crippen molar-refractivity contribution in [2.24, 2.45) is 5.73 Å². The molecule has 1 fully saturated rings. The Morgan fingerprint density at radius 3 is 2.58 bits per heavy atom. The smallest absolute Gasteiger partial charge is 0.130 e. The van der Waals surface area contributed by atoms with Crippen LogP contribution in [0.3, 0.4) is 0 Å². The van der Waals surface area contributed by atoms with Gasteiger partial charge in [-0.2, -0.15) is 11.8 Å². The summed E-state index contributed by atoms with van der Waals surface area (Å²) in [5.41, 5.74) is 5.91. The molecule has 1 heterocycles. The maximum absolute atomic E-state index is 13.9. The summed E-state index contributed by atoms with van der Waals surface area (Å²) in [6.07, 6.45) is 0. The number of thioether (sulfide) groups is 1. The van der Waals surface area contributed by atoms with E-state index < -0.39 is 11.6 Å². The van der Waals surface area contributed by atoms with E-state index in [2.05, 4.69) is 18.7 Å². The minimum atomic E-state index is -0.506. The second kappa shape index (κ2) is 6.20. The van der Waals surface area contributed by atoms with Gasteiger partial charge in [-0.3, -0.25) is 4.90 Å². The van der Waals surface area contributed by atoms with Crippen molar-refractivity contribution in [3.8, 4) is 0 Å². The highest BCUT2D eigenvalue weighted by Crippen LogP contribution is 2.33. The molecule has 2 rings (SSSR count). The molecule has 0 saturated carbocycles. The van der Waals surface area contributed by atoms with Gasteiger partial charge in [-0.15, -0.1) is 0 Å². The van der Waals surface area contributed by atoms with Crippen molar-refractivity contribution in [3.05, 3.63) is 35.4 Å². The maximum atomic E-state index is 13.9. The Morgan fingerprint density at radius 1 is 1.37 bits per heavy atom. The molecule has 19 heavy (non-hydrogen) atoms. The Hall–Kier alpha value is -0.650. The van der Waals surface area contributed by atoms with Gasteiger partial charge >= 0.3 is 0 Å². The average Bonchev–Trinajstić information content (AvgIpc) is 2.38. The van der Waals surface area contributed by atoms with Gasteiger partial charge in [0.2, 0.25) is 0 Å². The molecule has 0 radical (unpaired) electrons. The van der Waals surface area contributed by atoms with Crippen LogP contribution in [0.5, 0.6) is 0 Å². The van der Waals surface area contributed by atoms with Crippen molar-refractivity contribution in [2.75, 3.05) is 18.8 Å². The third-order valence-electron chi connectivity index (χ3n) is 3.89. The highest BCUT2D eigenvalue weighted by Gasteiger charge is 2.33. The Kier molecular flexibility index (Phi) is 4.81. The molecule has 3 atom stereocenters. The van der Waals surface area contributed by atoms with Gasteiger partial charge in [0.05, 0.1) is 6.04 Å². The van der Waals surface area contributed by atoms with E-state index in [1.807, 2.05) is 11.8 Å². The highest BCUT2D eigenvalue weighted by atomic mass is 32.2. The van der Waals surface area contributed by atoms with Crippen LogP contribution in [-0.2, 0) is 0 Å². The first-order valence-corrected chi connectivity index (χ1v) is 7.62. The lowest BCUT2D eigenvalue weighted by atomic mass is 10.0. The summed E-state index contributed by atoms with van der Waals surface area (Å²) < 4.78 is 27.9. The third-order valence-corrected chi connectivity index (χ3v) is 5.23. The summed E-state index contributed by atoms with van der Waals surface area (Å²) in [6, 6.07) is 3.85. The molecule has 2 nitrogen and oxygen atoms in total. The zero-order chi connectivity index (χ0) is 14.0. The number of benzene rings is 1. The summed E-state index contributed by atoms with van der Waals surface area (Å²) in [5, 5.41) is 0.442. The minimum Gasteiger partial charge on any atom is -0.329 e. The zero-order valence-corrected chi connectivity index (χ0v) is 12.1. The summed E-state index contributed by atoms with van der Waals surface area (Å²) >= 11 is 1.89. The van der Waals surface area contributed by atoms with Crippen LogP contribution < -0.4 is 5.73 Å². The predicted molar refractivity (Wildman–Crippen MR) is 76.2 cm³/mol. The van der Waals surface area contributed by atoms with Gasteiger partial charge in [0.1, 0.15) is 11.6 Å². The molecule has 1 saturated heterocycles. The first kappa shape index (κ1) is 14.8. The van der Waals surface area contributed by atoms with Crippen LogP contribution in [0.4, 0.5) is 8.78 Å². The third kappa shape index (κ3) is 2.93. The molecule has 2 N–H and O–H groups in total. The van der Waals surface area contributed by atoms with Gasteiger partial charge < -0.3 is 5.73 Å². The zero-order valence-electron chi connectivity index (χ0n) is 11.3. The van der Waals surface area contributed by atoms with Gasteiger partial charge in [0, 0.05) is 35.7 Å². The topological polar surface area (TPSA) is 29.3 Å². The molecule has 1 aliphatic rings. The monoisotopic (exact) mass is 286 g/mol. The van der Waals surface area contributed by atoms with Gasteiger partial charge in [-0.1, -0.05) is 13.0 Å². The molecule has 0 spiro atoms. The highest BCUT2D eigenvalue weighted by molar-refractivity contribution is 8.00. The van der Waals surface area contributed by atoms with Crippen molar-refractivity contribution in [3.63, 3.8) is 0 Å². The molecule has 106 valence electrons. The SMILES string of the molecule is CC1SCCN(C(CN)c2c(F)cccc2F)C1C. The molecule has 1 aliphatic heterocycles. The fourth-order valence-corrected chi connectivity index (χ4v) is 3.77. The molecular formula is C14H20F2N2S. The maximum Gasteiger partial charge on any atom is 0.130 e. The van der Waals surface area contributed by atoms with Crippen LogP contribution in [0.25, 0.3) is 0 Å². The van der Waals surface area contributed by atoms with Crippen LogP contribution in [0.15, 0.2) is 18.2 Å². The number of nitrogens with zero attached hydrogens (tertiary/aromatic N) is 1. The van der Waals surface area contributed by atoms with E-state index in [-0.39, 0.29) is 24.2 Å². The van der Waals surface area contributed by atoms with Crippen molar-refractivity contribution < 1.29 is 8.78 Å². The fourth-order valence-electron chi connectivity index (χ4n) is 2.64. The Bertz CT molecular complexity index is 421. The van der Waals surface area contributed by atoms with Gasteiger partial charge in [-0.25, -0.2) is 8.78 Å². The standard InChI is InChI=1S/C14H20F2N2S/c1-9-10(2)19-7-6-18(9)13(8-17)14-11(15)4-3-5-12(14)16/h3-5,9-10,13H,6-8,17H2,1-2H3. The molecule has 0 bridgehead atoms. The molecule has 1 aromatic carbocycles. The van der Waals surface area contributed by atoms with E-state index in [0.717, 1.165) is 12.3 Å². The fraction of sp³-hybridized carbons (Fsp3) is 0.571. The number of hydrogen-bond acceptors (Lipinski definition) is 3. The van der Waals surface area contributed by atoms with Gasteiger partial charge in [0.15, 0.2) is 0 Å². The normalized spacial score (nSPS) is 26.4. The Morgan fingerprint density at radius 2 is 2.00 bits per heavy atom. The second-order valence-corrected chi connectivity index (χ2v) is 6.43. The van der Waals surface area contributed by atoms with E-state index in [4.69, 9.17) is 5.73 Å². The summed E-state index contributed by atoms with van der Waals surface area (Å²) in [5.74, 6) is -0.0417. The van der Waals surface area contributed by atoms with Crippen LogP contribution in [0, 0.1) is 11.6 Å². The van der Waals surface area contributed by atoms with Gasteiger partial charge in [0.25, 0.3) is 0 Å². The quantitative estimate of drug-likeness (QED) is 0.926. The van der Waals surface area contributed by atoms with Crippen LogP contribution >= 0.6 is 11.8 Å². The van der Waals surface area contributed by atoms with Crippen LogP contribution in [-0.4, -0.2) is 35.0 Å². The second-order valence-electron chi connectivity index (χ2n) is 4.94. The lowest BCUT2D eigenvalue weighted by Gasteiger charge is -2.42. The average molecular weight is 286 g/mol. The molecule has 5 heteroatoms. The van der Waals surface area contributed by atoms with E-state index in [1.54, 1.807) is 0 Å². The number of hydrogen-bond donors (Lipinski definition) is 1. The summed E-state index contributed by atoms with van der Waals surface area (Å²) in [6.45, 7) is 5.27. The number of rotatable bonds is 3. The Balaban J connectivity index is 2.34. The summed E-state index contributed by atoms with van der Waals surface area (Å²) in [4.78, 5) is 2.13. The van der Waals surface area contributed by atoms with Crippen molar-refractivity contribution >= 4 is 11.8 Å². The van der Waals surface area contributed by atoms with Crippen molar-refractivity contribution in [2.45, 2.75) is 31.2 Å². The van der Waals surface area contributed by atoms with E-state index >= 15 is 0 Å². The summed E-state index contributed by atoms with van der Waals surface area (Å²) in [7, 11) is 0. The number of halogens is 2. The Labute approximate surface area is 117 Å². The van der Waals surface area contributed by atoms with E-state index in [9.17, 15) is 8.78 Å². The number of nitrogens with two attached hydrogens (primary N) is 1. The largest absolute Gasteiger partial charge is 0.329 e. The van der Waals surface area contributed by atoms with Gasteiger partial charge in [-0.05, 0) is 19.1 Å².